The Morgan fingerprint density at radius 1 is 1.53 bits per heavy atom. The predicted molar refractivity (Wildman–Crippen MR) is 53.7 cm³/mol. The zero-order valence-electron chi connectivity index (χ0n) is 9.91. The second kappa shape index (κ2) is 4.95. The number of amides is 2. The number of carbonyl (C=O) groups excluding carboxylic acids is 2. The van der Waals surface area contributed by atoms with Gasteiger partial charge in [-0.1, -0.05) is 0 Å². The van der Waals surface area contributed by atoms with E-state index in [1.54, 1.807) is 20.8 Å². The number of halogens is 2. The van der Waals surface area contributed by atoms with Gasteiger partial charge in [0.25, 0.3) is 12.3 Å². The molecule has 1 saturated heterocycles. The molecule has 1 fully saturated rings. The number of ether oxygens (including phenoxy) is 2. The molecule has 0 radical (unpaired) electrons. The molecule has 98 valence electrons. The molecule has 0 aromatic rings. The van der Waals surface area contributed by atoms with E-state index in [0.29, 0.717) is 4.90 Å². The van der Waals surface area contributed by atoms with Crippen molar-refractivity contribution in [2.75, 3.05) is 13.2 Å². The third kappa shape index (κ3) is 3.62. The Morgan fingerprint density at radius 3 is 2.59 bits per heavy atom. The fourth-order valence-corrected chi connectivity index (χ4v) is 1.33. The van der Waals surface area contributed by atoms with Gasteiger partial charge in [-0.3, -0.25) is 4.79 Å². The fourth-order valence-electron chi connectivity index (χ4n) is 1.33. The minimum Gasteiger partial charge on any atom is -0.443 e. The highest BCUT2D eigenvalue weighted by Crippen LogP contribution is 2.19. The summed E-state index contributed by atoms with van der Waals surface area (Å²) in [4.78, 5) is 23.5. The number of alkyl halides is 2. The maximum atomic E-state index is 12.7. The summed E-state index contributed by atoms with van der Waals surface area (Å²) >= 11 is 0. The Bertz CT molecular complexity index is 314. The number of morpholine rings is 1. The number of hydrogen-bond donors (Lipinski definition) is 0. The summed E-state index contributed by atoms with van der Waals surface area (Å²) in [5.74, 6) is -0.809. The van der Waals surface area contributed by atoms with Crippen molar-refractivity contribution >= 4 is 12.0 Å². The Labute approximate surface area is 97.7 Å². The van der Waals surface area contributed by atoms with Crippen molar-refractivity contribution in [1.29, 1.82) is 0 Å². The van der Waals surface area contributed by atoms with Crippen molar-refractivity contribution in [1.82, 2.24) is 4.90 Å². The molecule has 0 aromatic carbocycles. The average molecular weight is 251 g/mol. The quantitative estimate of drug-likeness (QED) is 0.707. The first-order chi connectivity index (χ1) is 7.72. The zero-order chi connectivity index (χ0) is 13.2. The Morgan fingerprint density at radius 2 is 2.12 bits per heavy atom. The maximum Gasteiger partial charge on any atom is 0.417 e. The summed E-state index contributed by atoms with van der Waals surface area (Å²) in [5, 5.41) is 0. The molecule has 1 atom stereocenters. The normalized spacial score (nSPS) is 21.9. The van der Waals surface area contributed by atoms with Gasteiger partial charge in [-0.15, -0.1) is 0 Å². The minimum atomic E-state index is -2.85. The number of carbonyl (C=O) groups is 2. The van der Waals surface area contributed by atoms with Gasteiger partial charge in [0.15, 0.2) is 0 Å². The molecule has 0 aromatic heterocycles. The van der Waals surface area contributed by atoms with Crippen LogP contribution in [0.15, 0.2) is 0 Å². The lowest BCUT2D eigenvalue weighted by Gasteiger charge is -2.34. The molecule has 1 aliphatic heterocycles. The van der Waals surface area contributed by atoms with Gasteiger partial charge in [-0.05, 0) is 20.8 Å². The van der Waals surface area contributed by atoms with E-state index in [1.807, 2.05) is 0 Å². The van der Waals surface area contributed by atoms with Crippen LogP contribution >= 0.6 is 0 Å². The van der Waals surface area contributed by atoms with Crippen molar-refractivity contribution in [2.45, 2.75) is 38.8 Å². The van der Waals surface area contributed by atoms with Crippen LogP contribution < -0.4 is 0 Å². The van der Waals surface area contributed by atoms with Gasteiger partial charge < -0.3 is 9.47 Å². The fraction of sp³-hybridized carbons (Fsp3) is 0.800. The molecule has 0 bridgehead atoms. The van der Waals surface area contributed by atoms with Crippen LogP contribution in [-0.4, -0.2) is 48.2 Å². The summed E-state index contributed by atoms with van der Waals surface area (Å²) in [6.07, 6.45) is -3.91. The van der Waals surface area contributed by atoms with Crippen LogP contribution in [0.3, 0.4) is 0 Å². The molecule has 0 spiro atoms. The second-order valence-electron chi connectivity index (χ2n) is 4.66. The van der Waals surface area contributed by atoms with Crippen LogP contribution in [0.25, 0.3) is 0 Å². The third-order valence-electron chi connectivity index (χ3n) is 2.00. The summed E-state index contributed by atoms with van der Waals surface area (Å²) in [6.45, 7) is 4.01. The zero-order valence-corrected chi connectivity index (χ0v) is 9.91. The summed E-state index contributed by atoms with van der Waals surface area (Å²) in [5.41, 5.74) is -0.845. The number of imide groups is 1. The topological polar surface area (TPSA) is 55.8 Å². The summed E-state index contributed by atoms with van der Waals surface area (Å²) in [7, 11) is 0. The Kier molecular flexibility index (Phi) is 4.03. The molecule has 1 heterocycles. The predicted octanol–water partition coefficient (Wildman–Crippen LogP) is 1.41. The minimum absolute atomic E-state index is 0.372. The molecule has 1 aliphatic rings. The molecule has 7 heteroatoms. The smallest absolute Gasteiger partial charge is 0.417 e. The van der Waals surface area contributed by atoms with E-state index in [-0.39, 0.29) is 13.2 Å². The first-order valence-electron chi connectivity index (χ1n) is 5.13. The van der Waals surface area contributed by atoms with Crippen LogP contribution in [0.2, 0.25) is 0 Å². The SMILES string of the molecule is CC(C)(C)OC(=O)N1C(=O)COC[C@@H]1C(F)F. The number of nitrogens with zero attached hydrogens (tertiary/aromatic N) is 1. The van der Waals surface area contributed by atoms with E-state index >= 15 is 0 Å². The first-order valence-corrected chi connectivity index (χ1v) is 5.13. The maximum absolute atomic E-state index is 12.7. The molecule has 0 N–H and O–H groups in total. The largest absolute Gasteiger partial charge is 0.443 e. The number of hydrogen-bond acceptors (Lipinski definition) is 4. The highest BCUT2D eigenvalue weighted by Gasteiger charge is 2.41. The van der Waals surface area contributed by atoms with Gasteiger partial charge >= 0.3 is 6.09 Å². The molecular weight excluding hydrogens is 236 g/mol. The molecule has 17 heavy (non-hydrogen) atoms. The summed E-state index contributed by atoms with van der Waals surface area (Å²) in [6, 6.07) is -1.58. The molecule has 2 amide bonds. The standard InChI is InChI=1S/C10H15F2NO4/c1-10(2,3)17-9(15)13-6(8(11)12)4-16-5-7(13)14/h6,8H,4-5H2,1-3H3/t6-/m1/s1. The molecule has 0 saturated carbocycles. The van der Waals surface area contributed by atoms with Gasteiger partial charge in [0.1, 0.15) is 18.2 Å². The van der Waals surface area contributed by atoms with E-state index in [9.17, 15) is 18.4 Å². The lowest BCUT2D eigenvalue weighted by Crippen LogP contribution is -2.56. The molecule has 5 nitrogen and oxygen atoms in total. The monoisotopic (exact) mass is 251 g/mol. The van der Waals surface area contributed by atoms with Gasteiger partial charge in [-0.2, -0.15) is 0 Å². The van der Waals surface area contributed by atoms with Gasteiger partial charge in [0.05, 0.1) is 6.61 Å². The number of rotatable bonds is 1. The Balaban J connectivity index is 2.82. The molecular formula is C10H15F2NO4. The van der Waals surface area contributed by atoms with Gasteiger partial charge in [-0.25, -0.2) is 18.5 Å². The van der Waals surface area contributed by atoms with E-state index in [2.05, 4.69) is 4.74 Å². The van der Waals surface area contributed by atoms with Crippen molar-refractivity contribution in [3.05, 3.63) is 0 Å². The average Bonchev–Trinajstić information content (AvgIpc) is 2.13. The van der Waals surface area contributed by atoms with Crippen molar-refractivity contribution in [3.8, 4) is 0 Å². The first kappa shape index (κ1) is 13.8. The van der Waals surface area contributed by atoms with Crippen LogP contribution in [-0.2, 0) is 14.3 Å². The van der Waals surface area contributed by atoms with Crippen LogP contribution in [0.4, 0.5) is 13.6 Å². The van der Waals surface area contributed by atoms with E-state index < -0.39 is 30.1 Å². The highest BCUT2D eigenvalue weighted by atomic mass is 19.3. The van der Waals surface area contributed by atoms with Crippen molar-refractivity contribution in [2.24, 2.45) is 0 Å². The van der Waals surface area contributed by atoms with Crippen molar-refractivity contribution in [3.63, 3.8) is 0 Å². The van der Waals surface area contributed by atoms with Crippen LogP contribution in [0.1, 0.15) is 20.8 Å². The van der Waals surface area contributed by atoms with Crippen LogP contribution in [0, 0.1) is 0 Å². The third-order valence-corrected chi connectivity index (χ3v) is 2.00. The summed E-state index contributed by atoms with van der Waals surface area (Å²) < 4.78 is 34.9. The molecule has 1 rings (SSSR count). The highest BCUT2D eigenvalue weighted by molar-refractivity contribution is 5.93. The molecule has 0 aliphatic carbocycles. The second-order valence-corrected chi connectivity index (χ2v) is 4.66. The molecule has 0 unspecified atom stereocenters. The van der Waals surface area contributed by atoms with E-state index in [0.717, 1.165) is 0 Å². The lowest BCUT2D eigenvalue weighted by molar-refractivity contribution is -0.153. The van der Waals surface area contributed by atoms with E-state index in [4.69, 9.17) is 4.74 Å². The lowest BCUT2D eigenvalue weighted by atomic mass is 10.2. The van der Waals surface area contributed by atoms with E-state index in [1.165, 1.54) is 0 Å². The van der Waals surface area contributed by atoms with Crippen LogP contribution in [0.5, 0.6) is 0 Å². The van der Waals surface area contributed by atoms with Crippen molar-refractivity contribution < 1.29 is 27.8 Å². The Hall–Kier alpha value is -1.24. The van der Waals surface area contributed by atoms with Gasteiger partial charge in [0, 0.05) is 0 Å². The van der Waals surface area contributed by atoms with Gasteiger partial charge in [0.2, 0.25) is 0 Å².